The normalized spacial score (nSPS) is 24.1. The maximum Gasteiger partial charge on any atom is 0.305 e. The number of amides is 1. The molecule has 1 aromatic rings. The second-order valence-electron chi connectivity index (χ2n) is 4.83. The van der Waals surface area contributed by atoms with Crippen LogP contribution < -0.4 is 10.2 Å². The summed E-state index contributed by atoms with van der Waals surface area (Å²) in [6.07, 6.45) is 0.614. The lowest BCUT2D eigenvalue weighted by atomic mass is 10.1. The largest absolute Gasteiger partial charge is 0.481 e. The van der Waals surface area contributed by atoms with E-state index in [-0.39, 0.29) is 18.4 Å². The predicted octanol–water partition coefficient (Wildman–Crippen LogP) is 1.24. The average Bonchev–Trinajstić information content (AvgIpc) is 2.51. The van der Waals surface area contributed by atoms with E-state index in [9.17, 15) is 9.59 Å². The minimum atomic E-state index is -0.965. The molecular formula is C14H18N2O3. The third kappa shape index (κ3) is 3.32. The van der Waals surface area contributed by atoms with Gasteiger partial charge in [0.15, 0.2) is 0 Å². The summed E-state index contributed by atoms with van der Waals surface area (Å²) in [7, 11) is 0. The third-order valence-corrected chi connectivity index (χ3v) is 3.28. The van der Waals surface area contributed by atoms with Gasteiger partial charge in [-0.1, -0.05) is 18.2 Å². The van der Waals surface area contributed by atoms with Gasteiger partial charge in [-0.2, -0.15) is 0 Å². The molecule has 1 aliphatic rings. The summed E-state index contributed by atoms with van der Waals surface area (Å²) in [6.45, 7) is 2.57. The molecule has 1 fully saturated rings. The molecule has 0 bridgehead atoms. The number of hydrogen-bond acceptors (Lipinski definition) is 3. The molecule has 0 aromatic heterocycles. The van der Waals surface area contributed by atoms with Crippen molar-refractivity contribution in [1.29, 1.82) is 0 Å². The first-order valence-electron chi connectivity index (χ1n) is 6.42. The number of rotatable bonds is 3. The summed E-state index contributed by atoms with van der Waals surface area (Å²) in [5.74, 6) is -1.13. The number of carbonyl (C=O) groups is 2. The van der Waals surface area contributed by atoms with Gasteiger partial charge in [0.05, 0.1) is 12.5 Å². The lowest BCUT2D eigenvalue weighted by Crippen LogP contribution is -2.46. The number of hydrogen-bond donors (Lipinski definition) is 2. The molecule has 2 N–H and O–H groups in total. The Labute approximate surface area is 112 Å². The molecule has 0 spiro atoms. The quantitative estimate of drug-likeness (QED) is 0.860. The summed E-state index contributed by atoms with van der Waals surface area (Å²) in [5, 5.41) is 12.0. The molecule has 2 atom stereocenters. The number of nitrogens with one attached hydrogen (secondary N) is 1. The van der Waals surface area contributed by atoms with Crippen LogP contribution in [-0.4, -0.2) is 35.6 Å². The fourth-order valence-corrected chi connectivity index (χ4v) is 2.30. The second kappa shape index (κ2) is 5.84. The van der Waals surface area contributed by atoms with Gasteiger partial charge in [0.25, 0.3) is 0 Å². The van der Waals surface area contributed by atoms with E-state index >= 15 is 0 Å². The van der Waals surface area contributed by atoms with Crippen LogP contribution >= 0.6 is 0 Å². The molecular weight excluding hydrogens is 244 g/mol. The van der Waals surface area contributed by atoms with E-state index in [0.29, 0.717) is 6.54 Å². The van der Waals surface area contributed by atoms with Crippen LogP contribution in [0.4, 0.5) is 5.69 Å². The first-order chi connectivity index (χ1) is 9.08. The molecule has 1 aliphatic heterocycles. The Kier molecular flexibility index (Phi) is 4.16. The van der Waals surface area contributed by atoms with Crippen LogP contribution in [0.25, 0.3) is 0 Å². The van der Waals surface area contributed by atoms with Gasteiger partial charge in [-0.05, 0) is 25.5 Å². The van der Waals surface area contributed by atoms with E-state index in [0.717, 1.165) is 12.1 Å². The van der Waals surface area contributed by atoms with E-state index in [1.54, 1.807) is 4.90 Å². The van der Waals surface area contributed by atoms with Crippen molar-refractivity contribution in [3.63, 3.8) is 0 Å². The van der Waals surface area contributed by atoms with Gasteiger partial charge < -0.3 is 15.3 Å². The number of carboxylic acid groups (broad SMARTS) is 1. The Balaban J connectivity index is 2.23. The number of para-hydroxylation sites is 1. The van der Waals surface area contributed by atoms with Crippen molar-refractivity contribution < 1.29 is 14.7 Å². The summed E-state index contributed by atoms with van der Waals surface area (Å²) < 4.78 is 0. The van der Waals surface area contributed by atoms with E-state index in [4.69, 9.17) is 5.11 Å². The molecule has 19 heavy (non-hydrogen) atoms. The molecule has 102 valence electrons. The van der Waals surface area contributed by atoms with E-state index in [1.165, 1.54) is 0 Å². The van der Waals surface area contributed by atoms with Crippen LogP contribution in [0.5, 0.6) is 0 Å². The fraction of sp³-hybridized carbons (Fsp3) is 0.429. The van der Waals surface area contributed by atoms with Crippen LogP contribution in [0.3, 0.4) is 0 Å². The topological polar surface area (TPSA) is 69.6 Å². The zero-order chi connectivity index (χ0) is 13.8. The highest BCUT2D eigenvalue weighted by atomic mass is 16.4. The lowest BCUT2D eigenvalue weighted by Gasteiger charge is -2.23. The van der Waals surface area contributed by atoms with Crippen LogP contribution in [0.15, 0.2) is 30.3 Å². The number of aliphatic carboxylic acids is 1. The van der Waals surface area contributed by atoms with E-state index in [1.807, 2.05) is 37.3 Å². The summed E-state index contributed by atoms with van der Waals surface area (Å²) in [6, 6.07) is 8.84. The molecule has 1 aromatic carbocycles. The number of carboxylic acids is 1. The van der Waals surface area contributed by atoms with Crippen LogP contribution in [-0.2, 0) is 9.59 Å². The Morgan fingerprint density at radius 3 is 2.74 bits per heavy atom. The third-order valence-electron chi connectivity index (χ3n) is 3.28. The molecule has 0 saturated carbocycles. The molecule has 5 nitrogen and oxygen atoms in total. The zero-order valence-corrected chi connectivity index (χ0v) is 10.9. The maximum atomic E-state index is 12.4. The number of benzene rings is 1. The van der Waals surface area contributed by atoms with Crippen molar-refractivity contribution in [1.82, 2.24) is 5.32 Å². The monoisotopic (exact) mass is 262 g/mol. The smallest absolute Gasteiger partial charge is 0.305 e. The zero-order valence-electron chi connectivity index (χ0n) is 10.9. The number of nitrogens with zero attached hydrogens (tertiary/aromatic N) is 1. The van der Waals surface area contributed by atoms with Crippen molar-refractivity contribution in [3.8, 4) is 0 Å². The average molecular weight is 262 g/mol. The highest BCUT2D eigenvalue weighted by molar-refractivity contribution is 5.99. The first kappa shape index (κ1) is 13.5. The highest BCUT2D eigenvalue weighted by Gasteiger charge is 2.31. The minimum Gasteiger partial charge on any atom is -0.481 e. The van der Waals surface area contributed by atoms with Gasteiger partial charge in [0, 0.05) is 18.3 Å². The minimum absolute atomic E-state index is 0.127. The molecule has 1 amide bonds. The summed E-state index contributed by atoms with van der Waals surface area (Å²) >= 11 is 0. The summed E-state index contributed by atoms with van der Waals surface area (Å²) in [5.41, 5.74) is 0.818. The lowest BCUT2D eigenvalue weighted by molar-refractivity contribution is -0.139. The van der Waals surface area contributed by atoms with Gasteiger partial charge in [-0.25, -0.2) is 0 Å². The highest BCUT2D eigenvalue weighted by Crippen LogP contribution is 2.19. The Bertz CT molecular complexity index is 461. The SMILES string of the molecule is CC1CCN(c2ccccc2)C(=O)C(CC(=O)O)N1. The van der Waals surface area contributed by atoms with Gasteiger partial charge in [0.2, 0.25) is 5.91 Å². The molecule has 5 heteroatoms. The Hall–Kier alpha value is -1.88. The van der Waals surface area contributed by atoms with Crippen LogP contribution in [0, 0.1) is 0 Å². The maximum absolute atomic E-state index is 12.4. The standard InChI is InChI=1S/C14H18N2O3/c1-10-7-8-16(11-5-3-2-4-6-11)14(19)12(15-10)9-13(17)18/h2-6,10,12,15H,7-9H2,1H3,(H,17,18). The summed E-state index contributed by atoms with van der Waals surface area (Å²) in [4.78, 5) is 25.0. The second-order valence-corrected chi connectivity index (χ2v) is 4.83. The number of carbonyl (C=O) groups excluding carboxylic acids is 1. The van der Waals surface area contributed by atoms with Crippen molar-refractivity contribution >= 4 is 17.6 Å². The van der Waals surface area contributed by atoms with Crippen molar-refractivity contribution in [3.05, 3.63) is 30.3 Å². The first-order valence-corrected chi connectivity index (χ1v) is 6.42. The van der Waals surface area contributed by atoms with Crippen molar-refractivity contribution in [2.75, 3.05) is 11.4 Å². The van der Waals surface area contributed by atoms with Gasteiger partial charge in [0.1, 0.15) is 0 Å². The Morgan fingerprint density at radius 2 is 2.11 bits per heavy atom. The van der Waals surface area contributed by atoms with Gasteiger partial charge in [-0.15, -0.1) is 0 Å². The molecule has 1 heterocycles. The molecule has 1 saturated heterocycles. The van der Waals surface area contributed by atoms with E-state index in [2.05, 4.69) is 5.32 Å². The number of anilines is 1. The van der Waals surface area contributed by atoms with Crippen molar-refractivity contribution in [2.45, 2.75) is 31.8 Å². The molecule has 0 aliphatic carbocycles. The van der Waals surface area contributed by atoms with Crippen molar-refractivity contribution in [2.24, 2.45) is 0 Å². The van der Waals surface area contributed by atoms with Crippen LogP contribution in [0.2, 0.25) is 0 Å². The van der Waals surface area contributed by atoms with Gasteiger partial charge in [-0.3, -0.25) is 9.59 Å². The van der Waals surface area contributed by atoms with Gasteiger partial charge >= 0.3 is 5.97 Å². The molecule has 2 unspecified atom stereocenters. The molecule has 0 radical (unpaired) electrons. The fourth-order valence-electron chi connectivity index (χ4n) is 2.30. The van der Waals surface area contributed by atoms with E-state index < -0.39 is 12.0 Å². The predicted molar refractivity (Wildman–Crippen MR) is 72.1 cm³/mol. The molecule has 2 rings (SSSR count). The van der Waals surface area contributed by atoms with Crippen LogP contribution in [0.1, 0.15) is 19.8 Å². The Morgan fingerprint density at radius 1 is 1.42 bits per heavy atom.